The SMILES string of the molecule is CCn1c(NC(=O)/C=C\c2ccc3c(c2)OCCO3)nnc1SCc1ccccc1Cl. The minimum atomic E-state index is -0.292. The maximum absolute atomic E-state index is 12.4. The Labute approximate surface area is 189 Å². The molecule has 7 nitrogen and oxygen atoms in total. The van der Waals surface area contributed by atoms with Gasteiger partial charge in [-0.05, 0) is 42.3 Å². The fraction of sp³-hybridized carbons (Fsp3) is 0.227. The molecule has 160 valence electrons. The number of fused-ring (bicyclic) bond motifs is 1. The molecule has 4 rings (SSSR count). The number of rotatable bonds is 7. The van der Waals surface area contributed by atoms with Crippen LogP contribution in [0.3, 0.4) is 0 Å². The molecule has 9 heteroatoms. The van der Waals surface area contributed by atoms with E-state index in [9.17, 15) is 4.79 Å². The molecule has 0 spiro atoms. The number of amides is 1. The van der Waals surface area contributed by atoms with Crippen molar-refractivity contribution in [3.63, 3.8) is 0 Å². The predicted molar refractivity (Wildman–Crippen MR) is 122 cm³/mol. The summed E-state index contributed by atoms with van der Waals surface area (Å²) >= 11 is 7.75. The van der Waals surface area contributed by atoms with Crippen LogP contribution >= 0.6 is 23.4 Å². The lowest BCUT2D eigenvalue weighted by Crippen LogP contribution is -2.15. The first-order valence-electron chi connectivity index (χ1n) is 9.82. The maximum atomic E-state index is 12.4. The first-order chi connectivity index (χ1) is 15.1. The molecule has 0 bridgehead atoms. The lowest BCUT2D eigenvalue weighted by molar-refractivity contribution is -0.111. The Kier molecular flexibility index (Phi) is 6.79. The van der Waals surface area contributed by atoms with Crippen molar-refractivity contribution in [2.75, 3.05) is 18.5 Å². The van der Waals surface area contributed by atoms with Crippen LogP contribution in [0.1, 0.15) is 18.1 Å². The number of carbonyl (C=O) groups excluding carboxylic acids is 1. The summed E-state index contributed by atoms with van der Waals surface area (Å²) in [6.45, 7) is 3.66. The van der Waals surface area contributed by atoms with E-state index in [4.69, 9.17) is 21.1 Å². The van der Waals surface area contributed by atoms with Gasteiger partial charge in [0.2, 0.25) is 5.95 Å². The van der Waals surface area contributed by atoms with Crippen LogP contribution in [0.2, 0.25) is 5.02 Å². The van der Waals surface area contributed by atoms with Gasteiger partial charge >= 0.3 is 0 Å². The second kappa shape index (κ2) is 9.89. The molecule has 2 heterocycles. The van der Waals surface area contributed by atoms with Gasteiger partial charge in [0.1, 0.15) is 13.2 Å². The molecular formula is C22H21ClN4O3S. The van der Waals surface area contributed by atoms with E-state index in [1.807, 2.05) is 54.0 Å². The molecule has 0 saturated heterocycles. The van der Waals surface area contributed by atoms with Crippen LogP contribution in [0.15, 0.2) is 53.7 Å². The largest absolute Gasteiger partial charge is 0.486 e. The highest BCUT2D eigenvalue weighted by molar-refractivity contribution is 7.98. The van der Waals surface area contributed by atoms with E-state index in [2.05, 4.69) is 15.5 Å². The number of thioether (sulfide) groups is 1. The van der Waals surface area contributed by atoms with E-state index in [0.29, 0.717) is 48.1 Å². The number of anilines is 1. The monoisotopic (exact) mass is 456 g/mol. The molecular weight excluding hydrogens is 436 g/mol. The Bertz CT molecular complexity index is 1120. The Balaban J connectivity index is 1.40. The molecule has 0 radical (unpaired) electrons. The fourth-order valence-corrected chi connectivity index (χ4v) is 4.31. The van der Waals surface area contributed by atoms with Crippen molar-refractivity contribution in [2.45, 2.75) is 24.4 Å². The van der Waals surface area contributed by atoms with Crippen LogP contribution in [0.25, 0.3) is 6.08 Å². The van der Waals surface area contributed by atoms with Gasteiger partial charge < -0.3 is 9.47 Å². The highest BCUT2D eigenvalue weighted by Gasteiger charge is 2.14. The number of aromatic nitrogens is 3. The summed E-state index contributed by atoms with van der Waals surface area (Å²) in [5.41, 5.74) is 1.86. The van der Waals surface area contributed by atoms with E-state index in [0.717, 1.165) is 16.1 Å². The number of halogens is 1. The van der Waals surface area contributed by atoms with Gasteiger partial charge in [-0.25, -0.2) is 0 Å². The molecule has 0 atom stereocenters. The molecule has 1 aromatic heterocycles. The first kappa shape index (κ1) is 21.3. The smallest absolute Gasteiger partial charge is 0.250 e. The van der Waals surface area contributed by atoms with Crippen molar-refractivity contribution in [3.8, 4) is 11.5 Å². The summed E-state index contributed by atoms with van der Waals surface area (Å²) in [5.74, 6) is 2.17. The zero-order valence-corrected chi connectivity index (χ0v) is 18.4. The summed E-state index contributed by atoms with van der Waals surface area (Å²) in [4.78, 5) is 12.4. The summed E-state index contributed by atoms with van der Waals surface area (Å²) in [6.07, 6.45) is 3.17. The molecule has 31 heavy (non-hydrogen) atoms. The molecule has 0 aliphatic carbocycles. The average Bonchev–Trinajstić information content (AvgIpc) is 3.18. The van der Waals surface area contributed by atoms with Crippen LogP contribution < -0.4 is 14.8 Å². The summed E-state index contributed by atoms with van der Waals surface area (Å²) in [5, 5.41) is 12.6. The van der Waals surface area contributed by atoms with E-state index >= 15 is 0 Å². The lowest BCUT2D eigenvalue weighted by atomic mass is 10.2. The summed E-state index contributed by atoms with van der Waals surface area (Å²) in [6, 6.07) is 13.2. The highest BCUT2D eigenvalue weighted by Crippen LogP contribution is 2.31. The van der Waals surface area contributed by atoms with Gasteiger partial charge in [-0.1, -0.05) is 47.6 Å². The van der Waals surface area contributed by atoms with Gasteiger partial charge in [0.15, 0.2) is 16.7 Å². The number of benzene rings is 2. The lowest BCUT2D eigenvalue weighted by Gasteiger charge is -2.18. The van der Waals surface area contributed by atoms with E-state index in [1.165, 1.54) is 17.8 Å². The number of ether oxygens (including phenoxy) is 2. The second-order valence-corrected chi connectivity index (χ2v) is 8.01. The Morgan fingerprint density at radius 3 is 2.81 bits per heavy atom. The van der Waals surface area contributed by atoms with Crippen LogP contribution in [0.4, 0.5) is 5.95 Å². The number of hydrogen-bond donors (Lipinski definition) is 1. The van der Waals surface area contributed by atoms with E-state index in [1.54, 1.807) is 6.08 Å². The second-order valence-electron chi connectivity index (χ2n) is 6.66. The maximum Gasteiger partial charge on any atom is 0.250 e. The van der Waals surface area contributed by atoms with Gasteiger partial charge in [0, 0.05) is 23.4 Å². The van der Waals surface area contributed by atoms with Crippen LogP contribution in [-0.4, -0.2) is 33.9 Å². The molecule has 0 saturated carbocycles. The van der Waals surface area contributed by atoms with Crippen LogP contribution in [0, 0.1) is 0 Å². The van der Waals surface area contributed by atoms with Gasteiger partial charge in [-0.3, -0.25) is 14.7 Å². The normalized spacial score (nSPS) is 12.8. The number of hydrogen-bond acceptors (Lipinski definition) is 6. The average molecular weight is 457 g/mol. The van der Waals surface area contributed by atoms with Crippen molar-refractivity contribution in [1.82, 2.24) is 14.8 Å². The third kappa shape index (κ3) is 5.21. The number of carbonyl (C=O) groups is 1. The predicted octanol–water partition coefficient (Wildman–Crippen LogP) is 4.67. The van der Waals surface area contributed by atoms with Gasteiger partial charge in [0.25, 0.3) is 5.91 Å². The minimum absolute atomic E-state index is 0.292. The molecule has 2 aromatic carbocycles. The topological polar surface area (TPSA) is 78.3 Å². The van der Waals surface area contributed by atoms with Crippen molar-refractivity contribution < 1.29 is 14.3 Å². The molecule has 1 amide bonds. The van der Waals surface area contributed by atoms with Gasteiger partial charge in [-0.15, -0.1) is 10.2 Å². The van der Waals surface area contributed by atoms with Crippen molar-refractivity contribution in [1.29, 1.82) is 0 Å². The van der Waals surface area contributed by atoms with E-state index < -0.39 is 0 Å². The van der Waals surface area contributed by atoms with Crippen LogP contribution in [-0.2, 0) is 17.1 Å². The number of nitrogens with one attached hydrogen (secondary N) is 1. The Morgan fingerprint density at radius 1 is 1.19 bits per heavy atom. The van der Waals surface area contributed by atoms with Gasteiger partial charge in [0.05, 0.1) is 0 Å². The summed E-state index contributed by atoms with van der Waals surface area (Å²) in [7, 11) is 0. The Hall–Kier alpha value is -2.97. The first-order valence-corrected chi connectivity index (χ1v) is 11.2. The zero-order chi connectivity index (χ0) is 21.6. The summed E-state index contributed by atoms with van der Waals surface area (Å²) < 4.78 is 12.9. The third-order valence-corrected chi connectivity index (χ3v) is 5.96. The number of nitrogens with zero attached hydrogens (tertiary/aromatic N) is 3. The third-order valence-electron chi connectivity index (χ3n) is 4.58. The molecule has 0 fully saturated rings. The molecule has 3 aromatic rings. The standard InChI is InChI=1S/C22H21ClN4O3S/c1-2-27-21(25-26-22(27)31-14-16-5-3-4-6-17(16)23)24-20(28)10-8-15-7-9-18-19(13-15)30-12-11-29-18/h3-10,13H,2,11-12,14H2,1H3,(H,24,25,28)/b10-8-. The van der Waals surface area contributed by atoms with Crippen molar-refractivity contribution in [3.05, 3.63) is 64.7 Å². The minimum Gasteiger partial charge on any atom is -0.486 e. The molecule has 1 aliphatic rings. The Morgan fingerprint density at radius 2 is 2.00 bits per heavy atom. The van der Waals surface area contributed by atoms with Crippen LogP contribution in [0.5, 0.6) is 11.5 Å². The highest BCUT2D eigenvalue weighted by atomic mass is 35.5. The van der Waals surface area contributed by atoms with Gasteiger partial charge in [-0.2, -0.15) is 0 Å². The zero-order valence-electron chi connectivity index (χ0n) is 16.9. The van der Waals surface area contributed by atoms with Crippen molar-refractivity contribution >= 4 is 41.3 Å². The quantitative estimate of drug-likeness (QED) is 0.411. The van der Waals surface area contributed by atoms with E-state index in [-0.39, 0.29) is 5.91 Å². The molecule has 1 aliphatic heterocycles. The fourth-order valence-electron chi connectivity index (χ4n) is 3.02. The van der Waals surface area contributed by atoms with Crippen molar-refractivity contribution in [2.24, 2.45) is 0 Å². The molecule has 0 unspecified atom stereocenters. The molecule has 1 N–H and O–H groups in total.